The molecule has 0 bridgehead atoms. The van der Waals surface area contributed by atoms with E-state index in [9.17, 15) is 9.59 Å². The Kier molecular flexibility index (Phi) is 4.00. The van der Waals surface area contributed by atoms with Crippen LogP contribution in [0.2, 0.25) is 0 Å². The first kappa shape index (κ1) is 13.3. The van der Waals surface area contributed by atoms with Crippen LogP contribution >= 0.6 is 0 Å². The Morgan fingerprint density at radius 1 is 1.26 bits per heavy atom. The summed E-state index contributed by atoms with van der Waals surface area (Å²) in [4.78, 5) is 23.5. The van der Waals surface area contributed by atoms with Gasteiger partial charge in [-0.2, -0.15) is 0 Å². The van der Waals surface area contributed by atoms with E-state index in [1.807, 2.05) is 12.1 Å². The molecule has 4 nitrogen and oxygen atoms in total. The number of fused-ring (bicyclic) bond motifs is 1. The second-order valence-corrected chi connectivity index (χ2v) is 4.28. The summed E-state index contributed by atoms with van der Waals surface area (Å²) in [5.74, 6) is -0.657. The lowest BCUT2D eigenvalue weighted by Gasteiger charge is -2.04. The van der Waals surface area contributed by atoms with Crippen molar-refractivity contribution in [2.45, 2.75) is 26.7 Å². The predicted molar refractivity (Wildman–Crippen MR) is 72.4 cm³/mol. The van der Waals surface area contributed by atoms with Gasteiger partial charge in [0.15, 0.2) is 5.43 Å². The smallest absolute Gasteiger partial charge is 0.374 e. The highest BCUT2D eigenvalue weighted by atomic mass is 16.5. The molecule has 19 heavy (non-hydrogen) atoms. The highest BCUT2D eigenvalue weighted by Gasteiger charge is 2.13. The second kappa shape index (κ2) is 5.69. The summed E-state index contributed by atoms with van der Waals surface area (Å²) in [6.45, 7) is 4.03. The van der Waals surface area contributed by atoms with Crippen molar-refractivity contribution in [3.8, 4) is 0 Å². The van der Waals surface area contributed by atoms with Gasteiger partial charge >= 0.3 is 5.97 Å². The van der Waals surface area contributed by atoms with E-state index in [4.69, 9.17) is 9.15 Å². The molecule has 2 rings (SSSR count). The Hall–Kier alpha value is -2.10. The zero-order chi connectivity index (χ0) is 13.8. The molecule has 1 aromatic carbocycles. The molecule has 1 heterocycles. The molecule has 0 saturated carbocycles. The third-order valence-corrected chi connectivity index (χ3v) is 2.81. The third-order valence-electron chi connectivity index (χ3n) is 2.81. The van der Waals surface area contributed by atoms with Crippen LogP contribution < -0.4 is 5.43 Å². The fourth-order valence-electron chi connectivity index (χ4n) is 1.95. The van der Waals surface area contributed by atoms with E-state index in [1.54, 1.807) is 13.0 Å². The number of aryl methyl sites for hydroxylation is 1. The Morgan fingerprint density at radius 2 is 2.05 bits per heavy atom. The van der Waals surface area contributed by atoms with Gasteiger partial charge in [-0.05, 0) is 31.0 Å². The van der Waals surface area contributed by atoms with Gasteiger partial charge < -0.3 is 9.15 Å². The fraction of sp³-hybridized carbons (Fsp3) is 0.333. The Balaban J connectivity index is 2.53. The first-order chi connectivity index (χ1) is 9.15. The normalized spacial score (nSPS) is 10.6. The molecular weight excluding hydrogens is 244 g/mol. The molecule has 0 radical (unpaired) electrons. The van der Waals surface area contributed by atoms with Crippen molar-refractivity contribution in [3.63, 3.8) is 0 Å². The van der Waals surface area contributed by atoms with Crippen LogP contribution in [0.15, 0.2) is 33.5 Å². The zero-order valence-electron chi connectivity index (χ0n) is 11.1. The standard InChI is InChI=1S/C15H16O4/c1-3-5-10-6-7-11-12(16)9-14(15(17)18-4-2)19-13(11)8-10/h6-9H,3-5H2,1-2H3. The van der Waals surface area contributed by atoms with Crippen LogP contribution in [0, 0.1) is 0 Å². The molecule has 0 N–H and O–H groups in total. The summed E-state index contributed by atoms with van der Waals surface area (Å²) in [6, 6.07) is 6.64. The van der Waals surface area contributed by atoms with Crippen molar-refractivity contribution in [2.24, 2.45) is 0 Å². The molecule has 0 atom stereocenters. The number of ether oxygens (including phenoxy) is 1. The quantitative estimate of drug-likeness (QED) is 0.793. The summed E-state index contributed by atoms with van der Waals surface area (Å²) in [7, 11) is 0. The molecule has 0 aliphatic carbocycles. The largest absolute Gasteiger partial charge is 0.460 e. The van der Waals surface area contributed by atoms with Gasteiger partial charge in [-0.15, -0.1) is 0 Å². The van der Waals surface area contributed by atoms with Gasteiger partial charge in [0.25, 0.3) is 0 Å². The third kappa shape index (κ3) is 2.84. The number of rotatable bonds is 4. The number of hydrogen-bond donors (Lipinski definition) is 0. The molecule has 0 aliphatic rings. The van der Waals surface area contributed by atoms with Crippen molar-refractivity contribution in [1.29, 1.82) is 0 Å². The molecule has 0 aliphatic heterocycles. The summed E-state index contributed by atoms with van der Waals surface area (Å²) in [6.07, 6.45) is 1.91. The molecule has 0 fully saturated rings. The van der Waals surface area contributed by atoms with E-state index in [0.29, 0.717) is 11.0 Å². The van der Waals surface area contributed by atoms with Gasteiger partial charge in [-0.1, -0.05) is 19.4 Å². The molecule has 0 saturated heterocycles. The molecule has 0 unspecified atom stereocenters. The molecular formula is C15H16O4. The summed E-state index contributed by atoms with van der Waals surface area (Å²) < 4.78 is 10.3. The lowest BCUT2D eigenvalue weighted by atomic mass is 10.1. The minimum Gasteiger partial charge on any atom is -0.460 e. The first-order valence-corrected chi connectivity index (χ1v) is 6.39. The minimum atomic E-state index is -0.609. The Bertz CT molecular complexity index is 655. The van der Waals surface area contributed by atoms with Crippen LogP contribution in [0.3, 0.4) is 0 Å². The predicted octanol–water partition coefficient (Wildman–Crippen LogP) is 2.92. The topological polar surface area (TPSA) is 56.5 Å². The van der Waals surface area contributed by atoms with E-state index in [-0.39, 0.29) is 17.8 Å². The van der Waals surface area contributed by atoms with Gasteiger partial charge in [0.1, 0.15) is 5.58 Å². The minimum absolute atomic E-state index is 0.0481. The van der Waals surface area contributed by atoms with Crippen LogP contribution in [0.1, 0.15) is 36.4 Å². The van der Waals surface area contributed by atoms with Crippen molar-refractivity contribution in [3.05, 3.63) is 45.8 Å². The maximum atomic E-state index is 11.9. The van der Waals surface area contributed by atoms with Crippen molar-refractivity contribution in [1.82, 2.24) is 0 Å². The fourth-order valence-corrected chi connectivity index (χ4v) is 1.95. The summed E-state index contributed by atoms with van der Waals surface area (Å²) >= 11 is 0. The van der Waals surface area contributed by atoms with Crippen LogP contribution in [0.5, 0.6) is 0 Å². The number of carbonyl (C=O) groups is 1. The monoisotopic (exact) mass is 260 g/mol. The highest BCUT2D eigenvalue weighted by Crippen LogP contribution is 2.16. The summed E-state index contributed by atoms with van der Waals surface area (Å²) in [5, 5.41) is 0.480. The first-order valence-electron chi connectivity index (χ1n) is 6.39. The van der Waals surface area contributed by atoms with Crippen molar-refractivity contribution in [2.75, 3.05) is 6.61 Å². The van der Waals surface area contributed by atoms with E-state index < -0.39 is 5.97 Å². The van der Waals surface area contributed by atoms with Crippen molar-refractivity contribution >= 4 is 16.9 Å². The lowest BCUT2D eigenvalue weighted by molar-refractivity contribution is 0.0490. The van der Waals surface area contributed by atoms with E-state index in [2.05, 4.69) is 6.92 Å². The van der Waals surface area contributed by atoms with E-state index in [0.717, 1.165) is 18.4 Å². The lowest BCUT2D eigenvalue weighted by Crippen LogP contribution is -2.10. The molecule has 0 amide bonds. The van der Waals surface area contributed by atoms with Crippen molar-refractivity contribution < 1.29 is 13.9 Å². The van der Waals surface area contributed by atoms with Crippen LogP contribution in [-0.2, 0) is 11.2 Å². The highest BCUT2D eigenvalue weighted by molar-refractivity contribution is 5.89. The Labute approximate surface area is 111 Å². The van der Waals surface area contributed by atoms with Crippen LogP contribution in [-0.4, -0.2) is 12.6 Å². The SMILES string of the molecule is CCCc1ccc2c(=O)cc(C(=O)OCC)oc2c1. The number of esters is 1. The average molecular weight is 260 g/mol. The number of hydrogen-bond acceptors (Lipinski definition) is 4. The Morgan fingerprint density at radius 3 is 2.74 bits per heavy atom. The second-order valence-electron chi connectivity index (χ2n) is 4.28. The van der Waals surface area contributed by atoms with Crippen LogP contribution in [0.4, 0.5) is 0 Å². The molecule has 0 spiro atoms. The molecule has 1 aromatic heterocycles. The van der Waals surface area contributed by atoms with Gasteiger partial charge in [0.05, 0.1) is 12.0 Å². The maximum Gasteiger partial charge on any atom is 0.374 e. The summed E-state index contributed by atoms with van der Waals surface area (Å²) in [5.41, 5.74) is 1.29. The number of benzene rings is 1. The van der Waals surface area contributed by atoms with E-state index >= 15 is 0 Å². The molecule has 4 heteroatoms. The van der Waals surface area contributed by atoms with E-state index in [1.165, 1.54) is 6.07 Å². The zero-order valence-corrected chi connectivity index (χ0v) is 11.1. The van der Waals surface area contributed by atoms with Gasteiger partial charge in [0.2, 0.25) is 5.76 Å². The van der Waals surface area contributed by atoms with Crippen LogP contribution in [0.25, 0.3) is 11.0 Å². The van der Waals surface area contributed by atoms with Gasteiger partial charge in [-0.25, -0.2) is 4.79 Å². The average Bonchev–Trinajstić information content (AvgIpc) is 2.39. The molecule has 2 aromatic rings. The van der Waals surface area contributed by atoms with Gasteiger partial charge in [0, 0.05) is 6.07 Å². The van der Waals surface area contributed by atoms with Gasteiger partial charge in [-0.3, -0.25) is 4.79 Å². The number of carbonyl (C=O) groups excluding carboxylic acids is 1. The molecule has 100 valence electrons. The maximum absolute atomic E-state index is 11.9.